The van der Waals surface area contributed by atoms with Crippen molar-refractivity contribution in [2.24, 2.45) is 0 Å². The molecule has 0 rings (SSSR count). The van der Waals surface area contributed by atoms with Crippen LogP contribution in [0, 0.1) is 0 Å². The zero-order valence-corrected chi connectivity index (χ0v) is 7.10. The first-order chi connectivity index (χ1) is 1.00. The molecule has 0 aromatic carbocycles. The van der Waals surface area contributed by atoms with Gasteiger partial charge in [0, 0.05) is 34.1 Å². The summed E-state index contributed by atoms with van der Waals surface area (Å²) in [6, 6.07) is 0. The van der Waals surface area contributed by atoms with E-state index in [2.05, 4.69) is 0 Å². The summed E-state index contributed by atoms with van der Waals surface area (Å²) in [5, 5.41) is 0. The molecule has 0 unspecified atom stereocenters. The molecular formula is FeMnOZn. The third kappa shape index (κ3) is 9.82. The van der Waals surface area contributed by atoms with E-state index in [9.17, 15) is 0 Å². The quantitative estimate of drug-likeness (QED) is 0.489. The van der Waals surface area contributed by atoms with E-state index in [0.717, 1.165) is 0 Å². The number of hydrogen-bond acceptors (Lipinski definition) is 1. The van der Waals surface area contributed by atoms with Gasteiger partial charge in [-0.25, -0.2) is 0 Å². The Labute approximate surface area is 55.8 Å². The summed E-state index contributed by atoms with van der Waals surface area (Å²) in [5.41, 5.74) is 0. The third-order valence-electron chi connectivity index (χ3n) is 0. The van der Waals surface area contributed by atoms with Gasteiger partial charge in [-0.15, -0.1) is 0 Å². The molecule has 0 atom stereocenters. The minimum atomic E-state index is 0. The molecule has 0 bridgehead atoms. The molecular weight excluding hydrogens is 192 g/mol. The van der Waals surface area contributed by atoms with Crippen molar-refractivity contribution in [3.05, 3.63) is 0 Å². The normalized spacial score (nSPS) is 1.50. The average Bonchev–Trinajstić information content (AvgIpc) is 1.00. The third-order valence-corrected chi connectivity index (χ3v) is 0. The molecule has 0 aromatic rings. The summed E-state index contributed by atoms with van der Waals surface area (Å²) >= 11 is 0.125. The minimum absolute atomic E-state index is 0. The molecule has 1 radical (unpaired) electrons. The van der Waals surface area contributed by atoms with E-state index >= 15 is 0 Å². The summed E-state index contributed by atoms with van der Waals surface area (Å²) in [5.74, 6) is 0. The Kier molecular flexibility index (Phi) is 112. The van der Waals surface area contributed by atoms with E-state index in [0.29, 0.717) is 0 Å². The van der Waals surface area contributed by atoms with Crippen molar-refractivity contribution in [1.82, 2.24) is 0 Å². The van der Waals surface area contributed by atoms with Gasteiger partial charge in [0.1, 0.15) is 0 Å². The summed E-state index contributed by atoms with van der Waals surface area (Å²) in [6.45, 7) is 0. The Morgan fingerprint density at radius 1 is 1.25 bits per heavy atom. The monoisotopic (exact) mass is 191 g/mol. The predicted octanol–water partition coefficient (Wildman–Crippen LogP) is -0.126. The van der Waals surface area contributed by atoms with Crippen molar-refractivity contribution in [2.75, 3.05) is 0 Å². The first-order valence-corrected chi connectivity index (χ1v) is 1.50. The van der Waals surface area contributed by atoms with Crippen molar-refractivity contribution in [1.29, 1.82) is 0 Å². The van der Waals surface area contributed by atoms with E-state index in [1.165, 1.54) is 0 Å². The van der Waals surface area contributed by atoms with Crippen molar-refractivity contribution in [3.8, 4) is 0 Å². The molecule has 1 nitrogen and oxygen atoms in total. The Morgan fingerprint density at radius 2 is 1.25 bits per heavy atom. The van der Waals surface area contributed by atoms with E-state index in [-0.39, 0.29) is 52.4 Å². The van der Waals surface area contributed by atoms with Crippen LogP contribution in [0.4, 0.5) is 0 Å². The molecule has 0 amide bonds. The summed E-state index contributed by atoms with van der Waals surface area (Å²) in [6.07, 6.45) is 0. The van der Waals surface area contributed by atoms with Crippen LogP contribution in [-0.4, -0.2) is 0 Å². The van der Waals surface area contributed by atoms with Gasteiger partial charge >= 0.3 is 21.8 Å². The maximum atomic E-state index is 8.38. The van der Waals surface area contributed by atoms with Gasteiger partial charge in [-0.1, -0.05) is 0 Å². The molecule has 4 heteroatoms. The Balaban J connectivity index is -0.00000000500. The Hall–Kier alpha value is 1.46. The Morgan fingerprint density at radius 3 is 1.25 bits per heavy atom. The molecule has 0 fully saturated rings. The van der Waals surface area contributed by atoms with Gasteiger partial charge in [-0.3, -0.25) is 0 Å². The SMILES string of the molecule is [Fe].[Mn].[O]=[Zn]. The van der Waals surface area contributed by atoms with Gasteiger partial charge in [0.05, 0.1) is 0 Å². The fraction of sp³-hybridized carbons (Fsp3) is 0. The van der Waals surface area contributed by atoms with Gasteiger partial charge < -0.3 is 0 Å². The first-order valence-electron chi connectivity index (χ1n) is 0.289. The van der Waals surface area contributed by atoms with Gasteiger partial charge in [0.25, 0.3) is 0 Å². The van der Waals surface area contributed by atoms with Crippen LogP contribution in [0.5, 0.6) is 0 Å². The van der Waals surface area contributed by atoms with Gasteiger partial charge in [0.2, 0.25) is 0 Å². The topological polar surface area (TPSA) is 17.1 Å². The van der Waals surface area contributed by atoms with Crippen LogP contribution >= 0.6 is 0 Å². The second-order valence-corrected chi connectivity index (χ2v) is 0. The van der Waals surface area contributed by atoms with Crippen LogP contribution in [0.2, 0.25) is 0 Å². The molecule has 0 aliphatic carbocycles. The molecule has 0 heterocycles. The fourth-order valence-corrected chi connectivity index (χ4v) is 0. The van der Waals surface area contributed by atoms with E-state index < -0.39 is 0 Å². The van der Waals surface area contributed by atoms with Crippen LogP contribution in [0.25, 0.3) is 0 Å². The van der Waals surface area contributed by atoms with E-state index in [4.69, 9.17) is 3.57 Å². The molecule has 0 aliphatic rings. The Bertz CT molecular complexity index is 8.00. The number of rotatable bonds is 0. The van der Waals surface area contributed by atoms with Crippen LogP contribution in [-0.2, 0) is 56.0 Å². The molecule has 0 spiro atoms. The molecule has 0 aliphatic heterocycles. The summed E-state index contributed by atoms with van der Waals surface area (Å²) in [7, 11) is 0. The van der Waals surface area contributed by atoms with Crippen molar-refractivity contribution in [2.45, 2.75) is 0 Å². The summed E-state index contributed by atoms with van der Waals surface area (Å²) in [4.78, 5) is 0. The van der Waals surface area contributed by atoms with Crippen molar-refractivity contribution in [3.63, 3.8) is 0 Å². The maximum absolute atomic E-state index is 8.38. The zero-order valence-electron chi connectivity index (χ0n) is 1.85. The second kappa shape index (κ2) is 25.0. The fourth-order valence-electron chi connectivity index (χ4n) is 0. The van der Waals surface area contributed by atoms with Crippen LogP contribution in [0.3, 0.4) is 0 Å². The predicted molar refractivity (Wildman–Crippen MR) is 0.686 cm³/mol. The van der Waals surface area contributed by atoms with E-state index in [1.807, 2.05) is 0 Å². The number of hydrogen-bond donors (Lipinski definition) is 0. The van der Waals surface area contributed by atoms with E-state index in [1.54, 1.807) is 0 Å². The first kappa shape index (κ1) is 17.9. The van der Waals surface area contributed by atoms with Crippen LogP contribution < -0.4 is 0 Å². The zero-order chi connectivity index (χ0) is 2.00. The average molecular weight is 192 g/mol. The molecule has 0 N–H and O–H groups in total. The molecule has 23 valence electrons. The molecule has 4 heavy (non-hydrogen) atoms. The molecule has 0 aromatic heterocycles. The van der Waals surface area contributed by atoms with Gasteiger partial charge in [-0.05, 0) is 0 Å². The standard InChI is InChI=1S/Fe.Mn.O.Zn. The van der Waals surface area contributed by atoms with Gasteiger partial charge in [0.15, 0.2) is 0 Å². The van der Waals surface area contributed by atoms with Crippen LogP contribution in [0.1, 0.15) is 0 Å². The summed E-state index contributed by atoms with van der Waals surface area (Å²) < 4.78 is 8.38. The molecule has 0 saturated heterocycles. The molecule has 0 saturated carbocycles. The van der Waals surface area contributed by atoms with Gasteiger partial charge in [-0.2, -0.15) is 0 Å². The van der Waals surface area contributed by atoms with Crippen molar-refractivity contribution < 1.29 is 56.0 Å². The second-order valence-electron chi connectivity index (χ2n) is 0. The van der Waals surface area contributed by atoms with Crippen molar-refractivity contribution >= 4 is 0 Å². The van der Waals surface area contributed by atoms with Crippen LogP contribution in [0.15, 0.2) is 0 Å².